The summed E-state index contributed by atoms with van der Waals surface area (Å²) in [7, 11) is 0. The molecule has 4 heteroatoms. The number of nitrogens with zero attached hydrogens (tertiary/aromatic N) is 1. The summed E-state index contributed by atoms with van der Waals surface area (Å²) in [4.78, 5) is 13.4. The fraction of sp³-hybridized carbons (Fsp3) is 0.700. The van der Waals surface area contributed by atoms with Gasteiger partial charge in [0.05, 0.1) is 13.1 Å². The van der Waals surface area contributed by atoms with E-state index >= 15 is 0 Å². The number of carbonyl (C=O) groups is 1. The van der Waals surface area contributed by atoms with Gasteiger partial charge in [-0.1, -0.05) is 5.92 Å². The maximum absolute atomic E-state index is 11.3. The van der Waals surface area contributed by atoms with Crippen molar-refractivity contribution in [3.8, 4) is 12.3 Å². The zero-order valence-corrected chi connectivity index (χ0v) is 8.33. The van der Waals surface area contributed by atoms with Gasteiger partial charge in [0.2, 0.25) is 5.91 Å². The van der Waals surface area contributed by atoms with Crippen LogP contribution >= 0.6 is 0 Å². The third kappa shape index (κ3) is 3.36. The van der Waals surface area contributed by atoms with Crippen molar-refractivity contribution in [2.45, 2.75) is 6.42 Å². The van der Waals surface area contributed by atoms with Crippen LogP contribution in [0.25, 0.3) is 0 Å². The number of carbonyl (C=O) groups excluding carboxylic acids is 1. The first-order valence-electron chi connectivity index (χ1n) is 4.89. The second-order valence-corrected chi connectivity index (χ2v) is 3.61. The van der Waals surface area contributed by atoms with Gasteiger partial charge in [0.1, 0.15) is 0 Å². The molecular weight excluding hydrogens is 178 g/mol. The normalized spacial score (nSPS) is 21.9. The Morgan fingerprint density at radius 2 is 2.50 bits per heavy atom. The van der Waals surface area contributed by atoms with Gasteiger partial charge in [-0.2, -0.15) is 0 Å². The van der Waals surface area contributed by atoms with Gasteiger partial charge in [-0.25, -0.2) is 0 Å². The zero-order chi connectivity index (χ0) is 10.4. The zero-order valence-electron chi connectivity index (χ0n) is 8.33. The van der Waals surface area contributed by atoms with Gasteiger partial charge in [-0.15, -0.1) is 6.42 Å². The number of amides is 1. The van der Waals surface area contributed by atoms with E-state index in [0.29, 0.717) is 25.6 Å². The van der Waals surface area contributed by atoms with Crippen LogP contribution in [0.15, 0.2) is 0 Å². The van der Waals surface area contributed by atoms with Crippen LogP contribution in [0.5, 0.6) is 0 Å². The molecule has 3 N–H and O–H groups in total. The van der Waals surface area contributed by atoms with E-state index in [-0.39, 0.29) is 5.91 Å². The Kier molecular flexibility index (Phi) is 4.44. The maximum atomic E-state index is 11.3. The smallest absolute Gasteiger partial charge is 0.234 e. The van der Waals surface area contributed by atoms with Gasteiger partial charge in [0.15, 0.2) is 0 Å². The first kappa shape index (κ1) is 11.0. The molecule has 0 aliphatic carbocycles. The van der Waals surface area contributed by atoms with Gasteiger partial charge in [0.25, 0.3) is 0 Å². The molecule has 1 unspecified atom stereocenters. The van der Waals surface area contributed by atoms with Crippen LogP contribution in [0.2, 0.25) is 0 Å². The molecule has 1 atom stereocenters. The predicted molar refractivity (Wildman–Crippen MR) is 55.4 cm³/mol. The predicted octanol–water partition coefficient (Wildman–Crippen LogP) is -0.984. The van der Waals surface area contributed by atoms with E-state index in [9.17, 15) is 4.79 Å². The molecule has 0 radical (unpaired) electrons. The largest absolute Gasteiger partial charge is 0.344 e. The average Bonchev–Trinajstić information content (AvgIpc) is 2.62. The molecule has 1 aliphatic heterocycles. The number of rotatable bonds is 4. The lowest BCUT2D eigenvalue weighted by molar-refractivity contribution is -0.121. The van der Waals surface area contributed by atoms with Crippen molar-refractivity contribution in [2.75, 3.05) is 32.7 Å². The maximum Gasteiger partial charge on any atom is 0.234 e. The lowest BCUT2D eigenvalue weighted by Crippen LogP contribution is -2.36. The average molecular weight is 195 g/mol. The van der Waals surface area contributed by atoms with E-state index in [1.165, 1.54) is 0 Å². The number of hydrogen-bond acceptors (Lipinski definition) is 3. The third-order valence-corrected chi connectivity index (χ3v) is 2.46. The van der Waals surface area contributed by atoms with Crippen molar-refractivity contribution in [2.24, 2.45) is 11.7 Å². The Morgan fingerprint density at radius 3 is 3.07 bits per heavy atom. The van der Waals surface area contributed by atoms with Crippen molar-refractivity contribution in [3.63, 3.8) is 0 Å². The second-order valence-electron chi connectivity index (χ2n) is 3.61. The Morgan fingerprint density at radius 1 is 1.71 bits per heavy atom. The molecular formula is C10H17N3O. The Bertz CT molecular complexity index is 234. The summed E-state index contributed by atoms with van der Waals surface area (Å²) in [5.74, 6) is 2.92. The van der Waals surface area contributed by atoms with E-state index < -0.39 is 0 Å². The van der Waals surface area contributed by atoms with E-state index in [0.717, 1.165) is 19.5 Å². The third-order valence-electron chi connectivity index (χ3n) is 2.46. The second kappa shape index (κ2) is 5.63. The molecule has 0 bridgehead atoms. The van der Waals surface area contributed by atoms with E-state index in [1.807, 2.05) is 0 Å². The van der Waals surface area contributed by atoms with Crippen LogP contribution in [-0.4, -0.2) is 43.5 Å². The van der Waals surface area contributed by atoms with Crippen molar-refractivity contribution >= 4 is 5.91 Å². The summed E-state index contributed by atoms with van der Waals surface area (Å²) in [6.07, 6.45) is 6.13. The Hall–Kier alpha value is -1.05. The molecule has 1 fully saturated rings. The summed E-state index contributed by atoms with van der Waals surface area (Å²) in [5, 5.41) is 2.64. The molecule has 14 heavy (non-hydrogen) atoms. The van der Waals surface area contributed by atoms with Gasteiger partial charge in [-0.3, -0.25) is 9.69 Å². The standard InChI is InChI=1S/C10H17N3O/c1-2-4-12-10(14)8-13-5-3-9(6-11)7-13/h1,9H,3-8,11H2,(H,12,14). The Balaban J connectivity index is 2.19. The van der Waals surface area contributed by atoms with Gasteiger partial charge in [-0.05, 0) is 25.4 Å². The van der Waals surface area contributed by atoms with Crippen LogP contribution in [0.1, 0.15) is 6.42 Å². The quantitative estimate of drug-likeness (QED) is 0.567. The van der Waals surface area contributed by atoms with Crippen LogP contribution < -0.4 is 11.1 Å². The monoisotopic (exact) mass is 195 g/mol. The number of hydrogen-bond donors (Lipinski definition) is 2. The van der Waals surface area contributed by atoms with Crippen LogP contribution in [0.4, 0.5) is 0 Å². The number of nitrogens with two attached hydrogens (primary N) is 1. The topological polar surface area (TPSA) is 58.4 Å². The lowest BCUT2D eigenvalue weighted by atomic mass is 10.1. The summed E-state index contributed by atoms with van der Waals surface area (Å²) in [6, 6.07) is 0. The van der Waals surface area contributed by atoms with Crippen molar-refractivity contribution in [1.29, 1.82) is 0 Å². The summed E-state index contributed by atoms with van der Waals surface area (Å²) in [5.41, 5.74) is 5.55. The Labute approximate surface area is 84.8 Å². The first-order chi connectivity index (χ1) is 6.76. The molecule has 1 amide bonds. The molecule has 1 heterocycles. The molecule has 78 valence electrons. The first-order valence-corrected chi connectivity index (χ1v) is 4.89. The number of likely N-dealkylation sites (tertiary alicyclic amines) is 1. The molecule has 4 nitrogen and oxygen atoms in total. The molecule has 0 spiro atoms. The molecule has 0 aromatic rings. The van der Waals surface area contributed by atoms with Crippen LogP contribution in [0, 0.1) is 18.3 Å². The van der Waals surface area contributed by atoms with Crippen molar-refractivity contribution in [1.82, 2.24) is 10.2 Å². The summed E-state index contributed by atoms with van der Waals surface area (Å²) >= 11 is 0. The number of terminal acetylenes is 1. The lowest BCUT2D eigenvalue weighted by Gasteiger charge is -2.14. The van der Waals surface area contributed by atoms with Crippen molar-refractivity contribution < 1.29 is 4.79 Å². The molecule has 1 saturated heterocycles. The van der Waals surface area contributed by atoms with Gasteiger partial charge >= 0.3 is 0 Å². The highest BCUT2D eigenvalue weighted by molar-refractivity contribution is 5.78. The highest BCUT2D eigenvalue weighted by atomic mass is 16.2. The van der Waals surface area contributed by atoms with E-state index in [4.69, 9.17) is 12.2 Å². The summed E-state index contributed by atoms with van der Waals surface area (Å²) in [6.45, 7) is 3.36. The molecule has 0 saturated carbocycles. The highest BCUT2D eigenvalue weighted by Gasteiger charge is 2.22. The minimum atomic E-state index is 0.000575. The van der Waals surface area contributed by atoms with Gasteiger partial charge < -0.3 is 11.1 Å². The molecule has 1 aliphatic rings. The molecule has 1 rings (SSSR count). The summed E-state index contributed by atoms with van der Waals surface area (Å²) < 4.78 is 0. The number of nitrogens with one attached hydrogen (secondary N) is 1. The SMILES string of the molecule is C#CCNC(=O)CN1CCC(CN)C1. The van der Waals surface area contributed by atoms with E-state index in [2.05, 4.69) is 16.1 Å². The minimum Gasteiger partial charge on any atom is -0.344 e. The molecule has 0 aromatic carbocycles. The van der Waals surface area contributed by atoms with E-state index in [1.54, 1.807) is 0 Å². The van der Waals surface area contributed by atoms with Crippen molar-refractivity contribution in [3.05, 3.63) is 0 Å². The highest BCUT2D eigenvalue weighted by Crippen LogP contribution is 2.13. The fourth-order valence-corrected chi connectivity index (χ4v) is 1.66. The molecule has 0 aromatic heterocycles. The van der Waals surface area contributed by atoms with Gasteiger partial charge in [0, 0.05) is 6.54 Å². The minimum absolute atomic E-state index is 0.000575. The fourth-order valence-electron chi connectivity index (χ4n) is 1.66. The van der Waals surface area contributed by atoms with Crippen LogP contribution in [-0.2, 0) is 4.79 Å². The van der Waals surface area contributed by atoms with Crippen LogP contribution in [0.3, 0.4) is 0 Å².